The molecule has 1 saturated heterocycles. The van der Waals surface area contributed by atoms with Gasteiger partial charge in [-0.1, -0.05) is 34.1 Å². The predicted octanol–water partition coefficient (Wildman–Crippen LogP) is 2.74. The monoisotopic (exact) mass is 226 g/mol. The van der Waals surface area contributed by atoms with E-state index in [1.807, 2.05) is 0 Å². The maximum Gasteiger partial charge on any atom is 0.00477 e. The molecule has 1 N–H and O–H groups in total. The minimum absolute atomic E-state index is 0.448. The molecule has 16 heavy (non-hydrogen) atoms. The molecule has 0 spiro atoms. The van der Waals surface area contributed by atoms with Gasteiger partial charge in [0.15, 0.2) is 0 Å². The molecule has 0 aromatic carbocycles. The van der Waals surface area contributed by atoms with Crippen molar-refractivity contribution in [2.45, 2.75) is 47.0 Å². The van der Waals surface area contributed by atoms with Crippen molar-refractivity contribution in [2.24, 2.45) is 10.8 Å². The highest BCUT2D eigenvalue weighted by atomic mass is 15.2. The molecule has 1 atom stereocenters. The summed E-state index contributed by atoms with van der Waals surface area (Å²) in [5.74, 6) is 0. The van der Waals surface area contributed by atoms with Gasteiger partial charge in [-0.2, -0.15) is 0 Å². The Labute approximate surface area is 102 Å². The summed E-state index contributed by atoms with van der Waals surface area (Å²) >= 11 is 0. The topological polar surface area (TPSA) is 15.3 Å². The fourth-order valence-electron chi connectivity index (χ4n) is 3.15. The first-order valence-corrected chi connectivity index (χ1v) is 6.78. The van der Waals surface area contributed by atoms with Gasteiger partial charge in [-0.05, 0) is 37.3 Å². The summed E-state index contributed by atoms with van der Waals surface area (Å²) in [5.41, 5.74) is 0.983. The van der Waals surface area contributed by atoms with Crippen molar-refractivity contribution < 1.29 is 0 Å². The second kappa shape index (κ2) is 5.50. The Kier molecular flexibility index (Phi) is 4.81. The van der Waals surface area contributed by atoms with Crippen LogP contribution in [0.1, 0.15) is 47.0 Å². The van der Waals surface area contributed by atoms with Gasteiger partial charge in [-0.25, -0.2) is 0 Å². The molecule has 1 heterocycles. The SMILES string of the molecule is CCCC(C)(CNC)CN1CCC(C)(C)C1. The normalized spacial score (nSPS) is 24.6. The fraction of sp³-hybridized carbons (Fsp3) is 1.00. The summed E-state index contributed by atoms with van der Waals surface area (Å²) in [6.07, 6.45) is 3.97. The molecule has 0 aliphatic carbocycles. The molecule has 1 fully saturated rings. The Bertz CT molecular complexity index is 205. The molecular formula is C14H30N2. The van der Waals surface area contributed by atoms with Gasteiger partial charge >= 0.3 is 0 Å². The fourth-order valence-corrected chi connectivity index (χ4v) is 3.15. The van der Waals surface area contributed by atoms with Crippen molar-refractivity contribution in [3.8, 4) is 0 Å². The van der Waals surface area contributed by atoms with E-state index in [0.717, 1.165) is 6.54 Å². The zero-order valence-corrected chi connectivity index (χ0v) is 11.9. The minimum Gasteiger partial charge on any atom is -0.319 e. The van der Waals surface area contributed by atoms with Crippen LogP contribution in [-0.4, -0.2) is 38.1 Å². The van der Waals surface area contributed by atoms with E-state index in [9.17, 15) is 0 Å². The van der Waals surface area contributed by atoms with Crippen molar-refractivity contribution in [1.82, 2.24) is 10.2 Å². The Morgan fingerprint density at radius 2 is 2.06 bits per heavy atom. The zero-order valence-electron chi connectivity index (χ0n) is 11.9. The molecule has 0 aromatic heterocycles. The van der Waals surface area contributed by atoms with E-state index < -0.39 is 0 Å². The molecule has 0 amide bonds. The van der Waals surface area contributed by atoms with Crippen molar-refractivity contribution in [2.75, 3.05) is 33.2 Å². The molecule has 0 bridgehead atoms. The van der Waals surface area contributed by atoms with Crippen LogP contribution < -0.4 is 5.32 Å². The lowest BCUT2D eigenvalue weighted by Gasteiger charge is -2.34. The summed E-state index contributed by atoms with van der Waals surface area (Å²) in [4.78, 5) is 2.66. The van der Waals surface area contributed by atoms with Gasteiger partial charge < -0.3 is 10.2 Å². The molecule has 2 nitrogen and oxygen atoms in total. The van der Waals surface area contributed by atoms with Gasteiger partial charge in [0.05, 0.1) is 0 Å². The molecule has 0 saturated carbocycles. The number of nitrogens with zero attached hydrogens (tertiary/aromatic N) is 1. The second-order valence-electron chi connectivity index (χ2n) is 6.72. The van der Waals surface area contributed by atoms with Gasteiger partial charge in [0, 0.05) is 19.6 Å². The molecular weight excluding hydrogens is 196 g/mol. The number of hydrogen-bond donors (Lipinski definition) is 1. The Balaban J connectivity index is 2.49. The van der Waals surface area contributed by atoms with E-state index in [0.29, 0.717) is 10.8 Å². The maximum atomic E-state index is 3.36. The van der Waals surface area contributed by atoms with E-state index in [1.54, 1.807) is 0 Å². The van der Waals surface area contributed by atoms with Crippen LogP contribution in [0.5, 0.6) is 0 Å². The van der Waals surface area contributed by atoms with Crippen molar-refractivity contribution in [1.29, 1.82) is 0 Å². The first-order valence-electron chi connectivity index (χ1n) is 6.78. The average Bonchev–Trinajstić information content (AvgIpc) is 2.45. The smallest absolute Gasteiger partial charge is 0.00477 e. The van der Waals surface area contributed by atoms with Crippen LogP contribution in [0.4, 0.5) is 0 Å². The van der Waals surface area contributed by atoms with Gasteiger partial charge in [0.2, 0.25) is 0 Å². The minimum atomic E-state index is 0.448. The van der Waals surface area contributed by atoms with Crippen LogP contribution in [0.25, 0.3) is 0 Å². The molecule has 0 aromatic rings. The third-order valence-corrected chi connectivity index (χ3v) is 3.82. The lowest BCUT2D eigenvalue weighted by Crippen LogP contribution is -2.41. The molecule has 1 rings (SSSR count). The Morgan fingerprint density at radius 3 is 2.50 bits per heavy atom. The molecule has 2 heteroatoms. The van der Waals surface area contributed by atoms with Crippen LogP contribution in [0, 0.1) is 10.8 Å². The molecule has 1 aliphatic rings. The van der Waals surface area contributed by atoms with Crippen LogP contribution in [0.15, 0.2) is 0 Å². The number of likely N-dealkylation sites (tertiary alicyclic amines) is 1. The van der Waals surface area contributed by atoms with Gasteiger partial charge in [-0.3, -0.25) is 0 Å². The molecule has 0 radical (unpaired) electrons. The van der Waals surface area contributed by atoms with Crippen molar-refractivity contribution in [3.05, 3.63) is 0 Å². The Morgan fingerprint density at radius 1 is 1.38 bits per heavy atom. The summed E-state index contributed by atoms with van der Waals surface area (Å²) < 4.78 is 0. The zero-order chi connectivity index (χ0) is 12.2. The second-order valence-corrected chi connectivity index (χ2v) is 6.72. The van der Waals surface area contributed by atoms with E-state index in [2.05, 4.69) is 45.0 Å². The van der Waals surface area contributed by atoms with Gasteiger partial charge in [-0.15, -0.1) is 0 Å². The number of rotatable bonds is 6. The van der Waals surface area contributed by atoms with Gasteiger partial charge in [0.1, 0.15) is 0 Å². The Hall–Kier alpha value is -0.0800. The molecule has 1 aliphatic heterocycles. The third-order valence-electron chi connectivity index (χ3n) is 3.82. The molecule has 96 valence electrons. The first kappa shape index (κ1) is 14.0. The van der Waals surface area contributed by atoms with E-state index in [1.165, 1.54) is 38.9 Å². The van der Waals surface area contributed by atoms with E-state index in [4.69, 9.17) is 0 Å². The van der Waals surface area contributed by atoms with Crippen LogP contribution in [-0.2, 0) is 0 Å². The predicted molar refractivity (Wildman–Crippen MR) is 71.8 cm³/mol. The van der Waals surface area contributed by atoms with Crippen LogP contribution in [0.3, 0.4) is 0 Å². The van der Waals surface area contributed by atoms with Gasteiger partial charge in [0.25, 0.3) is 0 Å². The van der Waals surface area contributed by atoms with E-state index >= 15 is 0 Å². The van der Waals surface area contributed by atoms with Crippen LogP contribution >= 0.6 is 0 Å². The van der Waals surface area contributed by atoms with Crippen molar-refractivity contribution >= 4 is 0 Å². The summed E-state index contributed by atoms with van der Waals surface area (Å²) in [5, 5.41) is 3.36. The average molecular weight is 226 g/mol. The van der Waals surface area contributed by atoms with E-state index in [-0.39, 0.29) is 0 Å². The highest BCUT2D eigenvalue weighted by Gasteiger charge is 2.33. The summed E-state index contributed by atoms with van der Waals surface area (Å²) in [7, 11) is 2.07. The lowest BCUT2D eigenvalue weighted by atomic mass is 9.84. The lowest BCUT2D eigenvalue weighted by molar-refractivity contribution is 0.164. The largest absolute Gasteiger partial charge is 0.319 e. The third kappa shape index (κ3) is 4.06. The quantitative estimate of drug-likeness (QED) is 0.749. The maximum absolute atomic E-state index is 3.36. The number of nitrogens with one attached hydrogen (secondary N) is 1. The first-order chi connectivity index (χ1) is 7.41. The highest BCUT2D eigenvalue weighted by molar-refractivity contribution is 4.87. The molecule has 1 unspecified atom stereocenters. The summed E-state index contributed by atoms with van der Waals surface area (Å²) in [6, 6.07) is 0. The number of hydrogen-bond acceptors (Lipinski definition) is 2. The highest BCUT2D eigenvalue weighted by Crippen LogP contribution is 2.32. The summed E-state index contributed by atoms with van der Waals surface area (Å²) in [6.45, 7) is 14.5. The standard InChI is InChI=1S/C14H30N2/c1-6-7-14(4,10-15-5)12-16-9-8-13(2,3)11-16/h15H,6-12H2,1-5H3. The van der Waals surface area contributed by atoms with Crippen LogP contribution in [0.2, 0.25) is 0 Å². The van der Waals surface area contributed by atoms with Crippen molar-refractivity contribution in [3.63, 3.8) is 0 Å².